The Morgan fingerprint density at radius 2 is 1.87 bits per heavy atom. The minimum atomic E-state index is -0.493. The summed E-state index contributed by atoms with van der Waals surface area (Å²) in [5.74, 6) is 0.672. The molecule has 7 nitrogen and oxygen atoms in total. The summed E-state index contributed by atoms with van der Waals surface area (Å²) >= 11 is 6.38. The number of para-hydroxylation sites is 1. The zero-order chi connectivity index (χ0) is 21.7. The van der Waals surface area contributed by atoms with E-state index in [9.17, 15) is 9.59 Å². The first-order chi connectivity index (χ1) is 14.5. The van der Waals surface area contributed by atoms with Crippen molar-refractivity contribution in [1.29, 1.82) is 0 Å². The van der Waals surface area contributed by atoms with E-state index in [0.717, 1.165) is 22.3 Å². The van der Waals surface area contributed by atoms with Crippen LogP contribution < -0.4 is 19.6 Å². The Morgan fingerprint density at radius 1 is 1.13 bits per heavy atom. The molecule has 1 fully saturated rings. The lowest BCUT2D eigenvalue weighted by molar-refractivity contribution is -0.123. The van der Waals surface area contributed by atoms with Gasteiger partial charge < -0.3 is 14.2 Å². The molecule has 1 aliphatic rings. The van der Waals surface area contributed by atoms with E-state index in [-0.39, 0.29) is 4.32 Å². The molecule has 9 heteroatoms. The first kappa shape index (κ1) is 21.7. The Kier molecular flexibility index (Phi) is 6.96. The van der Waals surface area contributed by atoms with Gasteiger partial charge >= 0.3 is 0 Å². The zero-order valence-electron chi connectivity index (χ0n) is 16.6. The number of hydrazine groups is 1. The average Bonchev–Trinajstić information content (AvgIpc) is 3.02. The van der Waals surface area contributed by atoms with E-state index in [0.29, 0.717) is 34.3 Å². The maximum absolute atomic E-state index is 12.8. The lowest BCUT2D eigenvalue weighted by Crippen LogP contribution is -2.44. The molecule has 0 aromatic heterocycles. The van der Waals surface area contributed by atoms with Gasteiger partial charge in [0.2, 0.25) is 0 Å². The predicted molar refractivity (Wildman–Crippen MR) is 120 cm³/mol. The molecule has 156 valence electrons. The summed E-state index contributed by atoms with van der Waals surface area (Å²) in [6, 6.07) is 12.1. The Labute approximate surface area is 184 Å². The third-order valence-electron chi connectivity index (χ3n) is 4.14. The third-order valence-corrected chi connectivity index (χ3v) is 5.45. The largest absolute Gasteiger partial charge is 0.496 e. The molecule has 1 N–H and O–H groups in total. The smallest absolute Gasteiger partial charge is 0.285 e. The van der Waals surface area contributed by atoms with Gasteiger partial charge in [-0.2, -0.15) is 5.01 Å². The summed E-state index contributed by atoms with van der Waals surface area (Å²) in [6.45, 7) is 2.40. The number of hydrogen-bond acceptors (Lipinski definition) is 7. The van der Waals surface area contributed by atoms with Gasteiger partial charge in [-0.1, -0.05) is 30.0 Å². The molecule has 0 atom stereocenters. The summed E-state index contributed by atoms with van der Waals surface area (Å²) in [7, 11) is 3.02. The Balaban J connectivity index is 1.80. The van der Waals surface area contributed by atoms with Gasteiger partial charge in [0.25, 0.3) is 11.8 Å². The van der Waals surface area contributed by atoms with Crippen LogP contribution in [0, 0.1) is 0 Å². The highest BCUT2D eigenvalue weighted by Crippen LogP contribution is 2.34. The zero-order valence-corrected chi connectivity index (χ0v) is 18.3. The number of thiocarbonyl (C=S) groups is 1. The molecule has 0 saturated carbocycles. The number of methoxy groups -OCH3 is 2. The van der Waals surface area contributed by atoms with Crippen LogP contribution in [0.4, 0.5) is 0 Å². The second-order valence-electron chi connectivity index (χ2n) is 6.00. The molecule has 2 amide bonds. The van der Waals surface area contributed by atoms with Gasteiger partial charge in [0, 0.05) is 0 Å². The number of carbonyl (C=O) groups is 2. The summed E-state index contributed by atoms with van der Waals surface area (Å²) in [6.07, 6.45) is 1.69. The highest BCUT2D eigenvalue weighted by atomic mass is 32.2. The molecule has 1 heterocycles. The molecule has 1 aliphatic heterocycles. The fourth-order valence-corrected chi connectivity index (χ4v) is 3.94. The minimum Gasteiger partial charge on any atom is -0.496 e. The maximum Gasteiger partial charge on any atom is 0.285 e. The number of carbonyl (C=O) groups excluding carboxylic acids is 2. The first-order valence-corrected chi connectivity index (χ1v) is 10.2. The van der Waals surface area contributed by atoms with Crippen molar-refractivity contribution in [3.05, 3.63) is 58.5 Å². The van der Waals surface area contributed by atoms with E-state index in [1.165, 1.54) is 7.11 Å². The standard InChI is InChI=1S/C21H20N2O5S2/c1-4-28-16-10-9-13(11-17(16)27-3)12-18-20(25)23(21(29)30-18)22-19(24)14-7-5-6-8-15(14)26-2/h5-12H,4H2,1-3H3,(H,22,24). The van der Waals surface area contributed by atoms with Crippen molar-refractivity contribution < 1.29 is 23.8 Å². The fraction of sp³-hybridized carbons (Fsp3) is 0.190. The van der Waals surface area contributed by atoms with Crippen molar-refractivity contribution >= 4 is 46.2 Å². The molecule has 0 radical (unpaired) electrons. The van der Waals surface area contributed by atoms with Crippen LogP contribution in [-0.4, -0.2) is 42.0 Å². The van der Waals surface area contributed by atoms with Crippen molar-refractivity contribution in [2.24, 2.45) is 0 Å². The normalized spacial score (nSPS) is 14.8. The van der Waals surface area contributed by atoms with E-state index >= 15 is 0 Å². The van der Waals surface area contributed by atoms with Gasteiger partial charge in [-0.15, -0.1) is 0 Å². The molecule has 30 heavy (non-hydrogen) atoms. The Morgan fingerprint density at radius 3 is 2.57 bits per heavy atom. The first-order valence-electron chi connectivity index (χ1n) is 9.01. The van der Waals surface area contributed by atoms with Crippen molar-refractivity contribution in [3.8, 4) is 17.2 Å². The van der Waals surface area contributed by atoms with Crippen LogP contribution in [0.3, 0.4) is 0 Å². The van der Waals surface area contributed by atoms with Crippen LogP contribution in [0.5, 0.6) is 17.2 Å². The lowest BCUT2D eigenvalue weighted by Gasteiger charge is -2.16. The highest BCUT2D eigenvalue weighted by molar-refractivity contribution is 8.26. The second kappa shape index (κ2) is 9.64. The van der Waals surface area contributed by atoms with Gasteiger partial charge in [0.05, 0.1) is 31.3 Å². The molecule has 2 aromatic rings. The van der Waals surface area contributed by atoms with E-state index in [1.54, 1.807) is 49.6 Å². The Bertz CT molecular complexity index is 1020. The average molecular weight is 445 g/mol. The number of thioether (sulfide) groups is 1. The third kappa shape index (κ3) is 4.58. The quantitative estimate of drug-likeness (QED) is 0.516. The van der Waals surface area contributed by atoms with Gasteiger partial charge in [-0.3, -0.25) is 15.0 Å². The molecule has 0 unspecified atom stereocenters. The number of nitrogens with one attached hydrogen (secondary N) is 1. The van der Waals surface area contributed by atoms with Crippen LogP contribution >= 0.6 is 24.0 Å². The summed E-state index contributed by atoms with van der Waals surface area (Å²) < 4.78 is 16.3. The van der Waals surface area contributed by atoms with Gasteiger partial charge in [-0.05, 0) is 55.0 Å². The van der Waals surface area contributed by atoms with Crippen LogP contribution in [0.2, 0.25) is 0 Å². The minimum absolute atomic E-state index is 0.229. The molecule has 0 spiro atoms. The molecule has 2 aromatic carbocycles. The molecule has 0 aliphatic carbocycles. The maximum atomic E-state index is 12.8. The number of nitrogens with zero attached hydrogens (tertiary/aromatic N) is 1. The van der Waals surface area contributed by atoms with E-state index in [1.807, 2.05) is 13.0 Å². The molecule has 3 rings (SSSR count). The van der Waals surface area contributed by atoms with Crippen LogP contribution in [0.1, 0.15) is 22.8 Å². The van der Waals surface area contributed by atoms with Gasteiger partial charge in [-0.25, -0.2) is 0 Å². The van der Waals surface area contributed by atoms with Gasteiger partial charge in [0.15, 0.2) is 15.8 Å². The van der Waals surface area contributed by atoms with Crippen molar-refractivity contribution in [2.75, 3.05) is 20.8 Å². The van der Waals surface area contributed by atoms with Crippen LogP contribution in [0.25, 0.3) is 6.08 Å². The second-order valence-corrected chi connectivity index (χ2v) is 7.68. The molecule has 0 bridgehead atoms. The monoisotopic (exact) mass is 444 g/mol. The van der Waals surface area contributed by atoms with Crippen molar-refractivity contribution in [2.45, 2.75) is 6.92 Å². The summed E-state index contributed by atoms with van der Waals surface area (Å²) in [4.78, 5) is 25.8. The van der Waals surface area contributed by atoms with Gasteiger partial charge in [0.1, 0.15) is 5.75 Å². The lowest BCUT2D eigenvalue weighted by atomic mass is 10.2. The Hall–Kier alpha value is -3.04. The van der Waals surface area contributed by atoms with E-state index < -0.39 is 11.8 Å². The van der Waals surface area contributed by atoms with Crippen LogP contribution in [0.15, 0.2) is 47.4 Å². The van der Waals surface area contributed by atoms with Crippen molar-refractivity contribution in [3.63, 3.8) is 0 Å². The number of ether oxygens (including phenoxy) is 3. The fourth-order valence-electron chi connectivity index (χ4n) is 2.76. The predicted octanol–water partition coefficient (Wildman–Crippen LogP) is 3.65. The number of amides is 2. The number of rotatable bonds is 7. The van der Waals surface area contributed by atoms with E-state index in [2.05, 4.69) is 5.43 Å². The van der Waals surface area contributed by atoms with Crippen molar-refractivity contribution in [1.82, 2.24) is 10.4 Å². The SMILES string of the molecule is CCOc1ccc(C=C2SC(=S)N(NC(=O)c3ccccc3OC)C2=O)cc1OC. The number of hydrogen-bond donors (Lipinski definition) is 1. The topological polar surface area (TPSA) is 77.1 Å². The molecular formula is C21H20N2O5S2. The van der Waals surface area contributed by atoms with Crippen LogP contribution in [-0.2, 0) is 4.79 Å². The summed E-state index contributed by atoms with van der Waals surface area (Å²) in [5.41, 5.74) is 3.59. The van der Waals surface area contributed by atoms with E-state index in [4.69, 9.17) is 26.4 Å². The number of benzene rings is 2. The molecular weight excluding hydrogens is 424 g/mol. The highest BCUT2D eigenvalue weighted by Gasteiger charge is 2.34. The molecule has 1 saturated heterocycles. The summed E-state index contributed by atoms with van der Waals surface area (Å²) in [5, 5.41) is 1.06.